The molecule has 0 amide bonds. The van der Waals surface area contributed by atoms with Crippen molar-refractivity contribution in [2.45, 2.75) is 277 Å². The van der Waals surface area contributed by atoms with Crippen molar-refractivity contribution in [1.29, 1.82) is 0 Å². The van der Waals surface area contributed by atoms with E-state index >= 15 is 0 Å². The van der Waals surface area contributed by atoms with Gasteiger partial charge in [0.15, 0.2) is 6.10 Å². The summed E-state index contributed by atoms with van der Waals surface area (Å²) < 4.78 is 16.8. The Morgan fingerprint density at radius 2 is 0.556 bits per heavy atom. The van der Waals surface area contributed by atoms with E-state index in [9.17, 15) is 14.4 Å². The molecule has 410 valence electrons. The Hall–Kier alpha value is -3.93. The van der Waals surface area contributed by atoms with Crippen molar-refractivity contribution in [3.05, 3.63) is 109 Å². The van der Waals surface area contributed by atoms with Crippen LogP contribution in [-0.4, -0.2) is 37.2 Å². The molecule has 0 heterocycles. The SMILES string of the molecule is CC/C=C\C/C=C\C/C=C\C/C=C\CCCCCCCCC(=O)OCC(COC(=O)CCC/C=C\C/C=C\C/C=C\C/C=C\CCCCC)OC(=O)CCCCCCC/C=C\CCCCCCCCCCC. The molecule has 0 aliphatic carbocycles. The summed E-state index contributed by atoms with van der Waals surface area (Å²) in [5, 5.41) is 0. The van der Waals surface area contributed by atoms with Gasteiger partial charge in [0, 0.05) is 19.3 Å². The van der Waals surface area contributed by atoms with Crippen molar-refractivity contribution in [2.24, 2.45) is 0 Å². The summed E-state index contributed by atoms with van der Waals surface area (Å²) in [5.41, 5.74) is 0. The first-order chi connectivity index (χ1) is 35.5. The van der Waals surface area contributed by atoms with Gasteiger partial charge >= 0.3 is 17.9 Å². The van der Waals surface area contributed by atoms with Crippen LogP contribution in [0.1, 0.15) is 271 Å². The van der Waals surface area contributed by atoms with Gasteiger partial charge in [-0.1, -0.05) is 239 Å². The van der Waals surface area contributed by atoms with Gasteiger partial charge in [-0.15, -0.1) is 0 Å². The number of carbonyl (C=O) groups is 3. The molecule has 6 nitrogen and oxygen atoms in total. The van der Waals surface area contributed by atoms with Crippen LogP contribution in [0.4, 0.5) is 0 Å². The maximum Gasteiger partial charge on any atom is 0.306 e. The van der Waals surface area contributed by atoms with Gasteiger partial charge in [-0.3, -0.25) is 14.4 Å². The fraction of sp³-hybridized carbons (Fsp3) is 0.682. The Morgan fingerprint density at radius 3 is 0.944 bits per heavy atom. The molecule has 0 rings (SSSR count). The first-order valence-electron chi connectivity index (χ1n) is 29.9. The van der Waals surface area contributed by atoms with Crippen LogP contribution in [0.5, 0.6) is 0 Å². The van der Waals surface area contributed by atoms with E-state index < -0.39 is 6.10 Å². The van der Waals surface area contributed by atoms with Crippen molar-refractivity contribution in [1.82, 2.24) is 0 Å². The minimum Gasteiger partial charge on any atom is -0.462 e. The number of hydrogen-bond donors (Lipinski definition) is 0. The van der Waals surface area contributed by atoms with Crippen molar-refractivity contribution < 1.29 is 28.6 Å². The summed E-state index contributed by atoms with van der Waals surface area (Å²) in [7, 11) is 0. The minimum absolute atomic E-state index is 0.107. The van der Waals surface area contributed by atoms with Gasteiger partial charge in [-0.2, -0.15) is 0 Å². The zero-order valence-corrected chi connectivity index (χ0v) is 46.9. The molecule has 0 saturated carbocycles. The average molecular weight is 1000 g/mol. The smallest absolute Gasteiger partial charge is 0.306 e. The predicted molar refractivity (Wildman–Crippen MR) is 311 cm³/mol. The molecule has 72 heavy (non-hydrogen) atoms. The normalized spacial score (nSPS) is 12.9. The van der Waals surface area contributed by atoms with Gasteiger partial charge in [0.05, 0.1) is 0 Å². The van der Waals surface area contributed by atoms with Gasteiger partial charge in [0.2, 0.25) is 0 Å². The molecular formula is C66H110O6. The van der Waals surface area contributed by atoms with Gasteiger partial charge in [-0.25, -0.2) is 0 Å². The van der Waals surface area contributed by atoms with Crippen LogP contribution in [0, 0.1) is 0 Å². The van der Waals surface area contributed by atoms with Crippen molar-refractivity contribution in [3.63, 3.8) is 0 Å². The molecule has 0 saturated heterocycles. The third kappa shape index (κ3) is 57.0. The standard InChI is InChI=1S/C66H110O6/c1-4-7-10-13-16-19-22-25-28-31-33-36-38-41-44-47-50-53-56-59-65(68)71-62-63(61-70-64(67)58-55-52-49-46-43-40-37-34-30-27-24-21-18-15-12-9-6-3)72-66(69)60-57-54-51-48-45-42-39-35-32-29-26-23-20-17-14-11-8-5-2/h7,10,16,18-19,21,25,27-28,30,33,35-37,39-40,46,49,63H,4-6,8-9,11-15,17,20,22-24,26,29,31-32,34,38,41-45,47-48,50-62H2,1-3H3/b10-7-,19-16-,21-18-,28-25-,30-27-,36-33-,39-35-,40-37-,49-46-. The lowest BCUT2D eigenvalue weighted by molar-refractivity contribution is -0.167. The highest BCUT2D eigenvalue weighted by molar-refractivity contribution is 5.71. The van der Waals surface area contributed by atoms with Crippen LogP contribution < -0.4 is 0 Å². The highest BCUT2D eigenvalue weighted by Crippen LogP contribution is 2.14. The second-order valence-electron chi connectivity index (χ2n) is 19.5. The number of allylic oxidation sites excluding steroid dienone is 18. The number of rotatable bonds is 53. The summed E-state index contributed by atoms with van der Waals surface area (Å²) in [5.74, 6) is -0.983. The molecule has 6 heteroatoms. The molecule has 0 aliphatic heterocycles. The second-order valence-corrected chi connectivity index (χ2v) is 19.5. The van der Waals surface area contributed by atoms with E-state index in [1.165, 1.54) is 109 Å². The zero-order chi connectivity index (χ0) is 52.2. The molecular weight excluding hydrogens is 889 g/mol. The van der Waals surface area contributed by atoms with E-state index in [-0.39, 0.29) is 37.5 Å². The number of unbranched alkanes of at least 4 members (excludes halogenated alkanes) is 24. The molecule has 0 aliphatic rings. The van der Waals surface area contributed by atoms with E-state index in [0.29, 0.717) is 19.3 Å². The molecule has 0 radical (unpaired) electrons. The van der Waals surface area contributed by atoms with E-state index in [0.717, 1.165) is 116 Å². The number of carbonyl (C=O) groups excluding carboxylic acids is 3. The topological polar surface area (TPSA) is 78.9 Å². The summed E-state index contributed by atoms with van der Waals surface area (Å²) >= 11 is 0. The summed E-state index contributed by atoms with van der Waals surface area (Å²) in [6.07, 6.45) is 80.8. The first kappa shape index (κ1) is 68.1. The zero-order valence-electron chi connectivity index (χ0n) is 46.9. The molecule has 0 bridgehead atoms. The summed E-state index contributed by atoms with van der Waals surface area (Å²) in [6.45, 7) is 6.44. The Labute approximate surface area is 444 Å². The third-order valence-corrected chi connectivity index (χ3v) is 12.5. The van der Waals surface area contributed by atoms with Crippen molar-refractivity contribution >= 4 is 17.9 Å². The van der Waals surface area contributed by atoms with Gasteiger partial charge in [0.1, 0.15) is 13.2 Å². The van der Waals surface area contributed by atoms with E-state index in [1.54, 1.807) is 0 Å². The summed E-state index contributed by atoms with van der Waals surface area (Å²) in [4.78, 5) is 38.2. The maximum atomic E-state index is 12.9. The predicted octanol–water partition coefficient (Wildman–Crippen LogP) is 20.3. The lowest BCUT2D eigenvalue weighted by atomic mass is 10.1. The molecule has 0 aromatic carbocycles. The fourth-order valence-electron chi connectivity index (χ4n) is 8.01. The van der Waals surface area contributed by atoms with Crippen LogP contribution in [-0.2, 0) is 28.6 Å². The molecule has 1 atom stereocenters. The average Bonchev–Trinajstić information content (AvgIpc) is 3.38. The Balaban J connectivity index is 4.51. The highest BCUT2D eigenvalue weighted by Gasteiger charge is 2.19. The lowest BCUT2D eigenvalue weighted by Crippen LogP contribution is -2.30. The lowest BCUT2D eigenvalue weighted by Gasteiger charge is -2.18. The second kappa shape index (κ2) is 59.6. The van der Waals surface area contributed by atoms with Crippen molar-refractivity contribution in [2.75, 3.05) is 13.2 Å². The molecule has 0 N–H and O–H groups in total. The number of hydrogen-bond acceptors (Lipinski definition) is 6. The van der Waals surface area contributed by atoms with Gasteiger partial charge in [-0.05, 0) is 122 Å². The van der Waals surface area contributed by atoms with Crippen LogP contribution >= 0.6 is 0 Å². The molecule has 0 fully saturated rings. The number of ether oxygens (including phenoxy) is 3. The van der Waals surface area contributed by atoms with E-state index in [4.69, 9.17) is 14.2 Å². The minimum atomic E-state index is -0.813. The maximum absolute atomic E-state index is 12.9. The first-order valence-corrected chi connectivity index (χ1v) is 29.9. The molecule has 0 aromatic heterocycles. The van der Waals surface area contributed by atoms with Gasteiger partial charge < -0.3 is 14.2 Å². The fourth-order valence-corrected chi connectivity index (χ4v) is 8.01. The van der Waals surface area contributed by atoms with Crippen molar-refractivity contribution in [3.8, 4) is 0 Å². The molecule has 1 unspecified atom stereocenters. The Bertz CT molecular complexity index is 1470. The van der Waals surface area contributed by atoms with E-state index in [1.807, 2.05) is 0 Å². The van der Waals surface area contributed by atoms with Crippen LogP contribution in [0.25, 0.3) is 0 Å². The van der Waals surface area contributed by atoms with Crippen LogP contribution in [0.2, 0.25) is 0 Å². The number of esters is 3. The van der Waals surface area contributed by atoms with Gasteiger partial charge in [0.25, 0.3) is 0 Å². The highest BCUT2D eigenvalue weighted by atomic mass is 16.6. The third-order valence-electron chi connectivity index (χ3n) is 12.5. The molecule has 0 aromatic rings. The van der Waals surface area contributed by atoms with E-state index in [2.05, 4.69) is 130 Å². The Morgan fingerprint density at radius 1 is 0.292 bits per heavy atom. The monoisotopic (exact) mass is 999 g/mol. The summed E-state index contributed by atoms with van der Waals surface area (Å²) in [6, 6.07) is 0. The van der Waals surface area contributed by atoms with Crippen LogP contribution in [0.3, 0.4) is 0 Å². The quantitative estimate of drug-likeness (QED) is 0.0261. The Kier molecular flexibility index (Phi) is 56.4. The van der Waals surface area contributed by atoms with Crippen LogP contribution in [0.15, 0.2) is 109 Å². The molecule has 0 spiro atoms. The largest absolute Gasteiger partial charge is 0.462 e.